The molecule has 0 saturated heterocycles. The highest BCUT2D eigenvalue weighted by Crippen LogP contribution is 2.31. The third-order valence-corrected chi connectivity index (χ3v) is 6.67. The minimum Gasteiger partial charge on any atom is -0.490 e. The Bertz CT molecular complexity index is 1280. The lowest BCUT2D eigenvalue weighted by molar-refractivity contribution is 0.269. The van der Waals surface area contributed by atoms with Crippen LogP contribution in [0.2, 0.25) is 5.02 Å². The van der Waals surface area contributed by atoms with Crippen molar-refractivity contribution in [1.82, 2.24) is 0 Å². The molecule has 0 amide bonds. The number of benzene rings is 3. The zero-order valence-electron chi connectivity index (χ0n) is 17.7. The summed E-state index contributed by atoms with van der Waals surface area (Å²) < 4.78 is 37.4. The maximum absolute atomic E-state index is 12.9. The highest BCUT2D eigenvalue weighted by Gasteiger charge is 2.21. The predicted molar refractivity (Wildman–Crippen MR) is 125 cm³/mol. The number of nitrogens with zero attached hydrogens (tertiary/aromatic N) is 1. The van der Waals surface area contributed by atoms with E-state index in [0.717, 1.165) is 11.1 Å². The largest absolute Gasteiger partial charge is 0.490 e. The van der Waals surface area contributed by atoms with Crippen molar-refractivity contribution in [2.24, 2.45) is 0 Å². The second kappa shape index (κ2) is 10.4. The lowest BCUT2D eigenvalue weighted by atomic mass is 10.1. The SMILES string of the molecule is CCOc1cc(C=C(C#N)S(=O)(=O)c2ccc(Cl)cc2)ccc1OCc1ccccc1C. The van der Waals surface area contributed by atoms with Crippen LogP contribution in [-0.2, 0) is 16.4 Å². The molecule has 3 aromatic rings. The summed E-state index contributed by atoms with van der Waals surface area (Å²) in [4.78, 5) is -0.381. The van der Waals surface area contributed by atoms with Crippen molar-refractivity contribution in [2.75, 3.05) is 6.61 Å². The fourth-order valence-electron chi connectivity index (χ4n) is 2.99. The molecule has 0 spiro atoms. The van der Waals surface area contributed by atoms with Crippen molar-refractivity contribution in [3.8, 4) is 17.6 Å². The first kappa shape index (κ1) is 23.4. The van der Waals surface area contributed by atoms with Crippen molar-refractivity contribution in [3.05, 3.63) is 93.3 Å². The van der Waals surface area contributed by atoms with Crippen molar-refractivity contribution >= 4 is 27.5 Å². The van der Waals surface area contributed by atoms with Crippen LogP contribution in [0.3, 0.4) is 0 Å². The molecule has 0 aliphatic rings. The van der Waals surface area contributed by atoms with Gasteiger partial charge in [0.05, 0.1) is 11.5 Å². The van der Waals surface area contributed by atoms with Gasteiger partial charge in [-0.1, -0.05) is 41.9 Å². The van der Waals surface area contributed by atoms with E-state index < -0.39 is 9.84 Å². The molecule has 0 unspecified atom stereocenters. The van der Waals surface area contributed by atoms with Crippen molar-refractivity contribution < 1.29 is 17.9 Å². The minimum atomic E-state index is -3.98. The van der Waals surface area contributed by atoms with E-state index >= 15 is 0 Å². The Morgan fingerprint density at radius 1 is 1.03 bits per heavy atom. The average molecular weight is 468 g/mol. The molecule has 0 saturated carbocycles. The summed E-state index contributed by atoms with van der Waals surface area (Å²) >= 11 is 5.84. The monoisotopic (exact) mass is 467 g/mol. The lowest BCUT2D eigenvalue weighted by Gasteiger charge is -2.14. The molecule has 0 aromatic heterocycles. The number of nitriles is 1. The number of hydrogen-bond donors (Lipinski definition) is 0. The van der Waals surface area contributed by atoms with Crippen molar-refractivity contribution in [3.63, 3.8) is 0 Å². The van der Waals surface area contributed by atoms with Gasteiger partial charge >= 0.3 is 0 Å². The first-order valence-corrected chi connectivity index (χ1v) is 11.8. The molecule has 0 bridgehead atoms. The number of rotatable bonds is 8. The zero-order chi connectivity index (χ0) is 23.1. The number of allylic oxidation sites excluding steroid dienone is 1. The molecule has 0 atom stereocenters. The highest BCUT2D eigenvalue weighted by atomic mass is 35.5. The third-order valence-electron chi connectivity index (χ3n) is 4.73. The third kappa shape index (κ3) is 5.50. The van der Waals surface area contributed by atoms with Gasteiger partial charge < -0.3 is 9.47 Å². The molecule has 7 heteroatoms. The van der Waals surface area contributed by atoms with E-state index in [9.17, 15) is 13.7 Å². The molecule has 32 heavy (non-hydrogen) atoms. The fourth-order valence-corrected chi connectivity index (χ4v) is 4.28. The second-order valence-corrected chi connectivity index (χ2v) is 9.29. The van der Waals surface area contributed by atoms with E-state index in [0.29, 0.717) is 35.3 Å². The molecule has 164 valence electrons. The fraction of sp³-hybridized carbons (Fsp3) is 0.160. The summed E-state index contributed by atoms with van der Waals surface area (Å²) in [6.07, 6.45) is 1.32. The standard InChI is InChI=1S/C25H22ClNO4S/c1-3-30-25-15-19(8-13-24(25)31-17-20-7-5-4-6-18(20)2)14-23(16-27)32(28,29)22-11-9-21(26)10-12-22/h4-15H,3,17H2,1-2H3. The van der Waals surface area contributed by atoms with Gasteiger partial charge in [0, 0.05) is 5.02 Å². The van der Waals surface area contributed by atoms with Crippen LogP contribution < -0.4 is 9.47 Å². The molecule has 0 heterocycles. The van der Waals surface area contributed by atoms with E-state index in [2.05, 4.69) is 0 Å². The van der Waals surface area contributed by atoms with Gasteiger partial charge in [0.2, 0.25) is 9.84 Å². The van der Waals surface area contributed by atoms with Gasteiger partial charge in [0.15, 0.2) is 11.5 Å². The molecule has 3 aromatic carbocycles. The lowest BCUT2D eigenvalue weighted by Crippen LogP contribution is -2.04. The maximum atomic E-state index is 12.9. The maximum Gasteiger partial charge on any atom is 0.216 e. The van der Waals surface area contributed by atoms with Crippen LogP contribution in [0.15, 0.2) is 76.5 Å². The Morgan fingerprint density at radius 3 is 2.41 bits per heavy atom. The Hall–Kier alpha value is -3.27. The van der Waals surface area contributed by atoms with Crippen LogP contribution >= 0.6 is 11.6 Å². The summed E-state index contributed by atoms with van der Waals surface area (Å²) in [6, 6.07) is 20.5. The van der Waals surface area contributed by atoms with Gasteiger partial charge in [-0.05, 0) is 73.0 Å². The number of aryl methyl sites for hydroxylation is 1. The van der Waals surface area contributed by atoms with Crippen molar-refractivity contribution in [2.45, 2.75) is 25.3 Å². The molecule has 3 rings (SSSR count). The second-order valence-electron chi connectivity index (χ2n) is 6.93. The Labute approximate surface area is 193 Å². The van der Waals surface area contributed by atoms with E-state index in [4.69, 9.17) is 21.1 Å². The number of ether oxygens (including phenoxy) is 2. The van der Waals surface area contributed by atoms with Gasteiger partial charge in [0.25, 0.3) is 0 Å². The van der Waals surface area contributed by atoms with Crippen molar-refractivity contribution in [1.29, 1.82) is 5.26 Å². The van der Waals surface area contributed by atoms with Gasteiger partial charge in [-0.15, -0.1) is 0 Å². The van der Waals surface area contributed by atoms with Crippen LogP contribution in [0.1, 0.15) is 23.6 Å². The Kier molecular flexibility index (Phi) is 7.57. The normalized spacial score (nSPS) is 11.6. The quantitative estimate of drug-likeness (QED) is 0.382. The van der Waals surface area contributed by atoms with E-state index in [1.165, 1.54) is 30.3 Å². The van der Waals surface area contributed by atoms with Crippen LogP contribution in [0, 0.1) is 18.3 Å². The summed E-state index contributed by atoms with van der Waals surface area (Å²) in [7, 11) is -3.98. The van der Waals surface area contributed by atoms with Gasteiger partial charge in [0.1, 0.15) is 17.6 Å². The Balaban J connectivity index is 1.91. The van der Waals surface area contributed by atoms with Gasteiger partial charge in [-0.2, -0.15) is 5.26 Å². The van der Waals surface area contributed by atoms with Crippen LogP contribution in [0.5, 0.6) is 11.5 Å². The highest BCUT2D eigenvalue weighted by molar-refractivity contribution is 7.95. The van der Waals surface area contributed by atoms with Crippen LogP contribution in [0.4, 0.5) is 0 Å². The molecule has 0 aliphatic carbocycles. The summed E-state index contributed by atoms with van der Waals surface area (Å²) in [5.41, 5.74) is 2.68. The van der Waals surface area contributed by atoms with E-state index in [1.54, 1.807) is 24.3 Å². The summed E-state index contributed by atoms with van der Waals surface area (Å²) in [6.45, 7) is 4.64. The van der Waals surface area contributed by atoms with Crippen LogP contribution in [-0.4, -0.2) is 15.0 Å². The smallest absolute Gasteiger partial charge is 0.216 e. The average Bonchev–Trinajstić information content (AvgIpc) is 2.78. The van der Waals surface area contributed by atoms with Crippen LogP contribution in [0.25, 0.3) is 6.08 Å². The van der Waals surface area contributed by atoms with Gasteiger partial charge in [-0.25, -0.2) is 8.42 Å². The summed E-state index contributed by atoms with van der Waals surface area (Å²) in [5.74, 6) is 1.00. The summed E-state index contributed by atoms with van der Waals surface area (Å²) in [5, 5.41) is 9.93. The molecule has 5 nitrogen and oxygen atoms in total. The van der Waals surface area contributed by atoms with E-state index in [-0.39, 0.29) is 9.80 Å². The predicted octanol–water partition coefficient (Wildman–Crippen LogP) is 5.96. The number of halogens is 1. The molecular weight excluding hydrogens is 446 g/mol. The molecule has 0 N–H and O–H groups in total. The molecule has 0 fully saturated rings. The first-order chi connectivity index (χ1) is 15.3. The molecular formula is C25H22ClNO4S. The zero-order valence-corrected chi connectivity index (χ0v) is 19.3. The molecule has 0 aliphatic heterocycles. The number of sulfone groups is 1. The number of hydrogen-bond acceptors (Lipinski definition) is 5. The Morgan fingerprint density at radius 2 is 1.75 bits per heavy atom. The topological polar surface area (TPSA) is 76.4 Å². The first-order valence-electron chi connectivity index (χ1n) is 9.91. The molecule has 0 radical (unpaired) electrons. The minimum absolute atomic E-state index is 0.00193. The van der Waals surface area contributed by atoms with Gasteiger partial charge in [-0.3, -0.25) is 0 Å². The van der Waals surface area contributed by atoms with E-state index in [1.807, 2.05) is 38.1 Å².